The number of allylic oxidation sites excluding steroid dienone is 3. The lowest BCUT2D eigenvalue weighted by atomic mass is 9.96. The second-order valence-corrected chi connectivity index (χ2v) is 5.22. The molecular formula is C17H15N3O. The van der Waals surface area contributed by atoms with E-state index in [0.29, 0.717) is 11.1 Å². The maximum Gasteiger partial charge on any atom is 0.187 e. The summed E-state index contributed by atoms with van der Waals surface area (Å²) in [4.78, 5) is 14.6. The minimum atomic E-state index is -0.607. The SMILES string of the molecule is CC1=CC2=C(C#N)C(N)C(C(=O)c3ccccc3)N2C=C1. The van der Waals surface area contributed by atoms with Crippen molar-refractivity contribution < 1.29 is 4.79 Å². The van der Waals surface area contributed by atoms with Crippen LogP contribution < -0.4 is 5.73 Å². The van der Waals surface area contributed by atoms with Gasteiger partial charge in [0.05, 0.1) is 23.4 Å². The zero-order valence-electron chi connectivity index (χ0n) is 11.7. The van der Waals surface area contributed by atoms with Crippen LogP contribution in [0.2, 0.25) is 0 Å². The van der Waals surface area contributed by atoms with Gasteiger partial charge in [0.15, 0.2) is 5.78 Å². The highest BCUT2D eigenvalue weighted by molar-refractivity contribution is 6.02. The zero-order valence-corrected chi connectivity index (χ0v) is 11.7. The molecule has 21 heavy (non-hydrogen) atoms. The number of hydrogen-bond acceptors (Lipinski definition) is 4. The van der Waals surface area contributed by atoms with Crippen molar-refractivity contribution in [3.05, 3.63) is 71.1 Å². The fourth-order valence-electron chi connectivity index (χ4n) is 2.77. The van der Waals surface area contributed by atoms with E-state index in [-0.39, 0.29) is 5.78 Å². The van der Waals surface area contributed by atoms with Gasteiger partial charge in [-0.3, -0.25) is 4.79 Å². The summed E-state index contributed by atoms with van der Waals surface area (Å²) in [5, 5.41) is 9.35. The van der Waals surface area contributed by atoms with Crippen LogP contribution in [0.15, 0.2) is 65.5 Å². The van der Waals surface area contributed by atoms with Gasteiger partial charge in [-0.1, -0.05) is 30.3 Å². The maximum absolute atomic E-state index is 12.7. The number of benzene rings is 1. The Balaban J connectivity index is 2.02. The van der Waals surface area contributed by atoms with E-state index in [2.05, 4.69) is 6.07 Å². The molecule has 2 N–H and O–H groups in total. The van der Waals surface area contributed by atoms with Crippen molar-refractivity contribution in [2.75, 3.05) is 0 Å². The van der Waals surface area contributed by atoms with Crippen LogP contribution in [-0.2, 0) is 0 Å². The number of nitrogens with zero attached hydrogens (tertiary/aromatic N) is 2. The van der Waals surface area contributed by atoms with Gasteiger partial charge < -0.3 is 10.6 Å². The lowest BCUT2D eigenvalue weighted by Gasteiger charge is -2.28. The summed E-state index contributed by atoms with van der Waals surface area (Å²) in [6.07, 6.45) is 5.65. The van der Waals surface area contributed by atoms with Gasteiger partial charge in [-0.05, 0) is 24.6 Å². The molecule has 2 atom stereocenters. The first kappa shape index (κ1) is 13.3. The molecule has 0 spiro atoms. The topological polar surface area (TPSA) is 70.1 Å². The number of Topliss-reactive ketones (excluding diaryl/α,β-unsaturated/α-hetero) is 1. The van der Waals surface area contributed by atoms with Crippen LogP contribution >= 0.6 is 0 Å². The van der Waals surface area contributed by atoms with Crippen LogP contribution in [0.25, 0.3) is 0 Å². The molecule has 2 aliphatic heterocycles. The maximum atomic E-state index is 12.7. The highest BCUT2D eigenvalue weighted by atomic mass is 16.1. The second-order valence-electron chi connectivity index (χ2n) is 5.22. The van der Waals surface area contributed by atoms with Crippen molar-refractivity contribution >= 4 is 5.78 Å². The van der Waals surface area contributed by atoms with Crippen LogP contribution in [-0.4, -0.2) is 22.8 Å². The lowest BCUT2D eigenvalue weighted by molar-refractivity contribution is 0.0898. The fourth-order valence-corrected chi connectivity index (χ4v) is 2.77. The third-order valence-electron chi connectivity index (χ3n) is 3.84. The first-order valence-corrected chi connectivity index (χ1v) is 6.77. The van der Waals surface area contributed by atoms with Crippen LogP contribution in [0.4, 0.5) is 0 Å². The highest BCUT2D eigenvalue weighted by Gasteiger charge is 2.42. The average Bonchev–Trinajstić information content (AvgIpc) is 2.78. The Morgan fingerprint density at radius 3 is 2.71 bits per heavy atom. The highest BCUT2D eigenvalue weighted by Crippen LogP contribution is 2.34. The number of hydrogen-bond donors (Lipinski definition) is 1. The normalized spacial score (nSPS) is 23.7. The van der Waals surface area contributed by atoms with Crippen molar-refractivity contribution in [1.29, 1.82) is 5.26 Å². The molecule has 0 aromatic heterocycles. The van der Waals surface area contributed by atoms with Gasteiger partial charge in [0, 0.05) is 11.8 Å². The van der Waals surface area contributed by atoms with Gasteiger partial charge in [0.25, 0.3) is 0 Å². The number of nitriles is 1. The van der Waals surface area contributed by atoms with Crippen LogP contribution in [0.5, 0.6) is 0 Å². The molecule has 2 unspecified atom stereocenters. The van der Waals surface area contributed by atoms with Crippen molar-refractivity contribution in [2.24, 2.45) is 5.73 Å². The van der Waals surface area contributed by atoms with E-state index in [1.54, 1.807) is 12.1 Å². The van der Waals surface area contributed by atoms with E-state index in [1.165, 1.54) is 0 Å². The Hall–Kier alpha value is -2.64. The molecule has 1 aromatic rings. The van der Waals surface area contributed by atoms with E-state index >= 15 is 0 Å². The molecule has 0 saturated carbocycles. The monoisotopic (exact) mass is 277 g/mol. The quantitative estimate of drug-likeness (QED) is 0.841. The van der Waals surface area contributed by atoms with Gasteiger partial charge in [-0.2, -0.15) is 5.26 Å². The Labute approximate surface area is 123 Å². The zero-order chi connectivity index (χ0) is 15.0. The summed E-state index contributed by atoms with van der Waals surface area (Å²) in [6.45, 7) is 1.95. The fraction of sp³-hybridized carbons (Fsp3) is 0.176. The Morgan fingerprint density at radius 1 is 1.33 bits per heavy atom. The van der Waals surface area contributed by atoms with Crippen LogP contribution in [0.1, 0.15) is 17.3 Å². The van der Waals surface area contributed by atoms with Crippen LogP contribution in [0.3, 0.4) is 0 Å². The van der Waals surface area contributed by atoms with E-state index in [9.17, 15) is 10.1 Å². The van der Waals surface area contributed by atoms with Crippen molar-refractivity contribution in [1.82, 2.24) is 4.90 Å². The molecule has 2 aliphatic rings. The predicted octanol–water partition coefficient (Wildman–Crippen LogP) is 2.13. The summed E-state index contributed by atoms with van der Waals surface area (Å²) in [5.74, 6) is -0.0662. The van der Waals surface area contributed by atoms with Gasteiger partial charge >= 0.3 is 0 Å². The molecular weight excluding hydrogens is 262 g/mol. The molecule has 1 aromatic carbocycles. The minimum absolute atomic E-state index is 0.0662. The predicted molar refractivity (Wildman–Crippen MR) is 79.9 cm³/mol. The number of carbonyl (C=O) groups is 1. The largest absolute Gasteiger partial charge is 0.334 e. The third-order valence-corrected chi connectivity index (χ3v) is 3.84. The van der Waals surface area contributed by atoms with Crippen molar-refractivity contribution in [2.45, 2.75) is 19.0 Å². The van der Waals surface area contributed by atoms with E-state index in [0.717, 1.165) is 11.3 Å². The number of carbonyl (C=O) groups excluding carboxylic acids is 1. The van der Waals surface area contributed by atoms with Gasteiger partial charge in [0.1, 0.15) is 6.04 Å². The lowest BCUT2D eigenvalue weighted by Crippen LogP contribution is -2.45. The molecule has 4 heteroatoms. The molecule has 0 fully saturated rings. The molecule has 4 nitrogen and oxygen atoms in total. The second kappa shape index (κ2) is 5.04. The number of ketones is 1. The first-order chi connectivity index (χ1) is 10.1. The number of nitrogens with two attached hydrogens (primary N) is 1. The molecule has 0 aliphatic carbocycles. The van der Waals surface area contributed by atoms with E-state index in [4.69, 9.17) is 5.73 Å². The van der Waals surface area contributed by atoms with Crippen molar-refractivity contribution in [3.63, 3.8) is 0 Å². The van der Waals surface area contributed by atoms with Gasteiger partial charge in [-0.15, -0.1) is 0 Å². The third kappa shape index (κ3) is 2.08. The Morgan fingerprint density at radius 2 is 2.05 bits per heavy atom. The summed E-state index contributed by atoms with van der Waals surface area (Å²) < 4.78 is 0. The number of rotatable bonds is 2. The van der Waals surface area contributed by atoms with E-state index in [1.807, 2.05) is 48.4 Å². The number of fused-ring (bicyclic) bond motifs is 1. The summed E-state index contributed by atoms with van der Waals surface area (Å²) >= 11 is 0. The van der Waals surface area contributed by atoms with Gasteiger partial charge in [0.2, 0.25) is 0 Å². The molecule has 0 saturated heterocycles. The van der Waals surface area contributed by atoms with Gasteiger partial charge in [-0.25, -0.2) is 0 Å². The molecule has 3 rings (SSSR count). The molecule has 0 amide bonds. The molecule has 104 valence electrons. The minimum Gasteiger partial charge on any atom is -0.334 e. The summed E-state index contributed by atoms with van der Waals surface area (Å²) in [5.41, 5.74) is 9.02. The summed E-state index contributed by atoms with van der Waals surface area (Å²) in [7, 11) is 0. The molecule has 0 radical (unpaired) electrons. The standard InChI is InChI=1S/C17H15N3O/c1-11-7-8-20-14(9-11)13(10-18)15(19)16(20)17(21)12-5-3-2-4-6-12/h2-9,15-16H,19H2,1H3. The smallest absolute Gasteiger partial charge is 0.187 e. The molecule has 0 bridgehead atoms. The molecule has 2 heterocycles. The Bertz CT molecular complexity index is 722. The average molecular weight is 277 g/mol. The summed E-state index contributed by atoms with van der Waals surface area (Å²) in [6, 6.07) is 10.0. The first-order valence-electron chi connectivity index (χ1n) is 6.77. The van der Waals surface area contributed by atoms with Crippen LogP contribution in [0, 0.1) is 11.3 Å². The Kier molecular flexibility index (Phi) is 3.20. The van der Waals surface area contributed by atoms with Crippen molar-refractivity contribution in [3.8, 4) is 6.07 Å². The van der Waals surface area contributed by atoms with E-state index < -0.39 is 12.1 Å².